The molecule has 3 rings (SSSR count). The largest absolute Gasteiger partial charge is 0.370 e. The van der Waals surface area contributed by atoms with E-state index in [4.69, 9.17) is 5.73 Å². The van der Waals surface area contributed by atoms with Crippen LogP contribution in [0.3, 0.4) is 0 Å². The van der Waals surface area contributed by atoms with Gasteiger partial charge in [0.1, 0.15) is 11.6 Å². The van der Waals surface area contributed by atoms with Crippen LogP contribution in [0.25, 0.3) is 0 Å². The van der Waals surface area contributed by atoms with Crippen molar-refractivity contribution < 1.29 is 0 Å². The van der Waals surface area contributed by atoms with Gasteiger partial charge in [0.15, 0.2) is 5.96 Å². The topological polar surface area (TPSA) is 84.4 Å². The number of hydrogen-bond acceptors (Lipinski definition) is 4. The molecule has 1 aromatic heterocycles. The SMILES string of the molecule is CCN1CCCC1CNC(N)=NCC1CCc2nnc(C)n2C1.I. The third kappa shape index (κ3) is 4.59. The number of aryl methyl sites for hydroxylation is 2. The van der Waals surface area contributed by atoms with Gasteiger partial charge in [0.2, 0.25) is 0 Å². The molecule has 3 N–H and O–H groups in total. The van der Waals surface area contributed by atoms with Crippen LogP contribution in [0.2, 0.25) is 0 Å². The van der Waals surface area contributed by atoms with Gasteiger partial charge in [-0.05, 0) is 45.2 Å². The van der Waals surface area contributed by atoms with Gasteiger partial charge < -0.3 is 15.6 Å². The molecule has 0 aromatic carbocycles. The van der Waals surface area contributed by atoms with E-state index in [1.54, 1.807) is 0 Å². The molecule has 0 amide bonds. The first kappa shape index (κ1) is 19.4. The third-order valence-electron chi connectivity index (χ3n) is 5.17. The molecular formula is C16H30IN7. The summed E-state index contributed by atoms with van der Waals surface area (Å²) in [4.78, 5) is 7.07. The number of rotatable bonds is 5. The Kier molecular flexibility index (Phi) is 7.27. The second-order valence-electron chi connectivity index (χ2n) is 6.71. The average molecular weight is 447 g/mol. The summed E-state index contributed by atoms with van der Waals surface area (Å²) in [6.45, 7) is 9.20. The molecule has 0 saturated carbocycles. The number of nitrogens with two attached hydrogens (primary N) is 1. The molecule has 8 heteroatoms. The van der Waals surface area contributed by atoms with Crippen molar-refractivity contribution >= 4 is 29.9 Å². The molecule has 1 fully saturated rings. The number of likely N-dealkylation sites (tertiary alicyclic amines) is 1. The molecule has 2 unspecified atom stereocenters. The van der Waals surface area contributed by atoms with E-state index in [0.29, 0.717) is 17.9 Å². The van der Waals surface area contributed by atoms with Crippen molar-refractivity contribution in [3.8, 4) is 0 Å². The predicted molar refractivity (Wildman–Crippen MR) is 107 cm³/mol. The average Bonchev–Trinajstić information content (AvgIpc) is 3.17. The molecule has 3 heterocycles. The minimum Gasteiger partial charge on any atom is -0.370 e. The van der Waals surface area contributed by atoms with Crippen LogP contribution in [0.15, 0.2) is 4.99 Å². The lowest BCUT2D eigenvalue weighted by Crippen LogP contribution is -2.43. The van der Waals surface area contributed by atoms with Gasteiger partial charge in [-0.2, -0.15) is 0 Å². The standard InChI is InChI=1S/C16H29N7.HI/c1-3-22-8-4-5-14(22)10-19-16(17)18-9-13-6-7-15-21-20-12(2)23(15)11-13;/h13-14H,3-11H2,1-2H3,(H3,17,18,19);1H. The number of aromatic nitrogens is 3. The molecule has 1 aromatic rings. The number of nitrogens with one attached hydrogen (secondary N) is 1. The zero-order valence-electron chi connectivity index (χ0n) is 14.7. The number of guanidine groups is 1. The lowest BCUT2D eigenvalue weighted by molar-refractivity contribution is 0.267. The first-order valence-corrected chi connectivity index (χ1v) is 8.84. The first-order chi connectivity index (χ1) is 11.2. The van der Waals surface area contributed by atoms with Gasteiger partial charge in [0.25, 0.3) is 0 Å². The number of nitrogens with zero attached hydrogens (tertiary/aromatic N) is 5. The molecule has 2 aliphatic rings. The number of aliphatic imine (C=N–C) groups is 1. The van der Waals surface area contributed by atoms with Gasteiger partial charge in [-0.1, -0.05) is 6.92 Å². The Bertz CT molecular complexity index is 557. The normalized spacial score (nSPS) is 24.5. The Hall–Kier alpha value is -0.900. The smallest absolute Gasteiger partial charge is 0.188 e. The van der Waals surface area contributed by atoms with Crippen molar-refractivity contribution in [1.29, 1.82) is 0 Å². The zero-order chi connectivity index (χ0) is 16.2. The van der Waals surface area contributed by atoms with E-state index in [1.165, 1.54) is 19.4 Å². The molecule has 1 saturated heterocycles. The molecule has 0 bridgehead atoms. The minimum atomic E-state index is 0. The Morgan fingerprint density at radius 2 is 2.21 bits per heavy atom. The third-order valence-corrected chi connectivity index (χ3v) is 5.17. The minimum absolute atomic E-state index is 0. The van der Waals surface area contributed by atoms with Crippen LogP contribution in [0.1, 0.15) is 37.8 Å². The Morgan fingerprint density at radius 1 is 1.38 bits per heavy atom. The maximum Gasteiger partial charge on any atom is 0.188 e. The van der Waals surface area contributed by atoms with Crippen LogP contribution in [0.4, 0.5) is 0 Å². The van der Waals surface area contributed by atoms with Gasteiger partial charge in [-0.15, -0.1) is 34.2 Å². The van der Waals surface area contributed by atoms with E-state index < -0.39 is 0 Å². The first-order valence-electron chi connectivity index (χ1n) is 8.84. The van der Waals surface area contributed by atoms with Crippen LogP contribution in [0.5, 0.6) is 0 Å². The van der Waals surface area contributed by atoms with Crippen LogP contribution in [-0.2, 0) is 13.0 Å². The Labute approximate surface area is 161 Å². The Morgan fingerprint density at radius 3 is 3.00 bits per heavy atom. The van der Waals surface area contributed by atoms with Crippen molar-refractivity contribution in [2.24, 2.45) is 16.6 Å². The summed E-state index contributed by atoms with van der Waals surface area (Å²) in [7, 11) is 0. The summed E-state index contributed by atoms with van der Waals surface area (Å²) in [5.41, 5.74) is 6.05. The van der Waals surface area contributed by atoms with E-state index in [0.717, 1.165) is 50.7 Å². The summed E-state index contributed by atoms with van der Waals surface area (Å²) < 4.78 is 2.21. The summed E-state index contributed by atoms with van der Waals surface area (Å²) in [6, 6.07) is 0.602. The maximum absolute atomic E-state index is 6.05. The molecule has 7 nitrogen and oxygen atoms in total. The molecule has 136 valence electrons. The van der Waals surface area contributed by atoms with Gasteiger partial charge in [-0.25, -0.2) is 0 Å². The van der Waals surface area contributed by atoms with E-state index in [9.17, 15) is 0 Å². The van der Waals surface area contributed by atoms with Crippen molar-refractivity contribution in [3.05, 3.63) is 11.6 Å². The van der Waals surface area contributed by atoms with Crippen LogP contribution in [0, 0.1) is 12.8 Å². The van der Waals surface area contributed by atoms with Crippen molar-refractivity contribution in [2.45, 2.75) is 52.1 Å². The van der Waals surface area contributed by atoms with Gasteiger partial charge >= 0.3 is 0 Å². The van der Waals surface area contributed by atoms with E-state index >= 15 is 0 Å². The lowest BCUT2D eigenvalue weighted by Gasteiger charge is -2.24. The second-order valence-corrected chi connectivity index (χ2v) is 6.71. The van der Waals surface area contributed by atoms with E-state index in [-0.39, 0.29) is 24.0 Å². The number of halogens is 1. The van der Waals surface area contributed by atoms with E-state index in [1.807, 2.05) is 6.92 Å². The summed E-state index contributed by atoms with van der Waals surface area (Å²) in [5, 5.41) is 11.7. The second kappa shape index (κ2) is 8.98. The maximum atomic E-state index is 6.05. The fraction of sp³-hybridized carbons (Fsp3) is 0.812. The van der Waals surface area contributed by atoms with Crippen molar-refractivity contribution in [2.75, 3.05) is 26.2 Å². The summed E-state index contributed by atoms with van der Waals surface area (Å²) in [5.74, 6) is 3.21. The molecule has 2 atom stereocenters. The van der Waals surface area contributed by atoms with Gasteiger partial charge in [0.05, 0.1) is 0 Å². The number of likely N-dealkylation sites (N-methyl/N-ethyl adjacent to an activating group) is 1. The Balaban J connectivity index is 0.00000208. The highest BCUT2D eigenvalue weighted by atomic mass is 127. The molecule has 24 heavy (non-hydrogen) atoms. The fourth-order valence-corrected chi connectivity index (χ4v) is 3.73. The molecule has 0 radical (unpaired) electrons. The lowest BCUT2D eigenvalue weighted by atomic mass is 9.99. The van der Waals surface area contributed by atoms with E-state index in [2.05, 4.69) is 36.9 Å². The van der Waals surface area contributed by atoms with Crippen LogP contribution < -0.4 is 11.1 Å². The van der Waals surface area contributed by atoms with Crippen LogP contribution in [-0.4, -0.2) is 57.8 Å². The van der Waals surface area contributed by atoms with Crippen molar-refractivity contribution in [1.82, 2.24) is 25.0 Å². The van der Waals surface area contributed by atoms with Crippen molar-refractivity contribution in [3.63, 3.8) is 0 Å². The summed E-state index contributed by atoms with van der Waals surface area (Å²) >= 11 is 0. The zero-order valence-corrected chi connectivity index (χ0v) is 17.1. The number of fused-ring (bicyclic) bond motifs is 1. The highest BCUT2D eigenvalue weighted by Gasteiger charge is 2.23. The van der Waals surface area contributed by atoms with Gasteiger partial charge in [-0.3, -0.25) is 9.89 Å². The fourth-order valence-electron chi connectivity index (χ4n) is 3.73. The highest BCUT2D eigenvalue weighted by molar-refractivity contribution is 14.0. The number of hydrogen-bond donors (Lipinski definition) is 2. The highest BCUT2D eigenvalue weighted by Crippen LogP contribution is 2.20. The summed E-state index contributed by atoms with van der Waals surface area (Å²) in [6.07, 6.45) is 4.65. The predicted octanol–water partition coefficient (Wildman–Crippen LogP) is 1.16. The quantitative estimate of drug-likeness (QED) is 0.402. The van der Waals surface area contributed by atoms with Gasteiger partial charge in [0, 0.05) is 32.1 Å². The monoisotopic (exact) mass is 447 g/mol. The van der Waals surface area contributed by atoms with Crippen LogP contribution >= 0.6 is 24.0 Å². The molecule has 0 aliphatic carbocycles. The molecule has 0 spiro atoms. The molecular weight excluding hydrogens is 417 g/mol. The molecule has 2 aliphatic heterocycles.